The van der Waals surface area contributed by atoms with Crippen LogP contribution < -0.4 is 5.56 Å². The Balaban J connectivity index is 2.06. The van der Waals surface area contributed by atoms with E-state index in [0.717, 1.165) is 26.4 Å². The number of aromatic nitrogens is 2. The number of hydrogen-bond donors (Lipinski definition) is 0. The minimum atomic E-state index is -4.19. The summed E-state index contributed by atoms with van der Waals surface area (Å²) in [5, 5.41) is 11.1. The van der Waals surface area contributed by atoms with Crippen LogP contribution in [0, 0.1) is 28.7 Å². The van der Waals surface area contributed by atoms with Crippen LogP contribution in [0.2, 0.25) is 0 Å². The molecule has 0 radical (unpaired) electrons. The first kappa shape index (κ1) is 21.4. The van der Waals surface area contributed by atoms with Crippen molar-refractivity contribution in [1.29, 1.82) is 0 Å². The predicted molar refractivity (Wildman–Crippen MR) is 113 cm³/mol. The molecule has 0 bridgehead atoms. The van der Waals surface area contributed by atoms with E-state index in [0.29, 0.717) is 6.07 Å². The molecule has 0 amide bonds. The summed E-state index contributed by atoms with van der Waals surface area (Å²) in [5.41, 5.74) is -1.38. The summed E-state index contributed by atoms with van der Waals surface area (Å²) in [6.07, 6.45) is 2.31. The Morgan fingerprint density at radius 1 is 1.03 bits per heavy atom. The molecule has 2 heterocycles. The van der Waals surface area contributed by atoms with Crippen LogP contribution in [-0.4, -0.2) is 21.9 Å². The van der Waals surface area contributed by atoms with Crippen molar-refractivity contribution in [3.05, 3.63) is 92.5 Å². The standard InChI is InChI=1S/C21H15F2N3O5S/c1-12-3-5-14(6-4-12)32(30,31)25-8-7-15-17(11-24(2)21(27)20(15)25)16-9-13(26(28)29)10-18(22)19(16)23/h3-11H,1-2H3. The Labute approximate surface area is 180 Å². The van der Waals surface area contributed by atoms with Crippen molar-refractivity contribution < 1.29 is 22.1 Å². The number of aryl methyl sites for hydroxylation is 2. The molecular weight excluding hydrogens is 444 g/mol. The van der Waals surface area contributed by atoms with Crippen LogP contribution in [0.25, 0.3) is 22.0 Å². The molecule has 0 aliphatic rings. The fraction of sp³-hybridized carbons (Fsp3) is 0.0952. The van der Waals surface area contributed by atoms with Gasteiger partial charge in [0.1, 0.15) is 5.52 Å². The molecule has 0 fully saturated rings. The van der Waals surface area contributed by atoms with Gasteiger partial charge in [0, 0.05) is 42.0 Å². The zero-order chi connectivity index (χ0) is 23.4. The lowest BCUT2D eigenvalue weighted by Gasteiger charge is -2.11. The van der Waals surface area contributed by atoms with Crippen LogP contribution in [0.3, 0.4) is 0 Å². The molecule has 0 saturated heterocycles. The number of nitro benzene ring substituents is 1. The summed E-state index contributed by atoms with van der Waals surface area (Å²) in [7, 11) is -2.88. The first-order valence-electron chi connectivity index (χ1n) is 9.19. The summed E-state index contributed by atoms with van der Waals surface area (Å²) < 4.78 is 56.8. The van der Waals surface area contributed by atoms with Gasteiger partial charge in [-0.3, -0.25) is 14.9 Å². The first-order chi connectivity index (χ1) is 15.0. The lowest BCUT2D eigenvalue weighted by atomic mass is 10.0. The molecule has 0 aliphatic carbocycles. The number of hydrogen-bond acceptors (Lipinski definition) is 5. The molecule has 164 valence electrons. The topological polar surface area (TPSA) is 104 Å². The Morgan fingerprint density at radius 3 is 2.31 bits per heavy atom. The lowest BCUT2D eigenvalue weighted by Crippen LogP contribution is -2.22. The molecule has 0 aliphatic heterocycles. The van der Waals surface area contributed by atoms with Gasteiger partial charge in [0.05, 0.1) is 15.9 Å². The predicted octanol–water partition coefficient (Wildman–Crippen LogP) is 3.74. The Hall–Kier alpha value is -3.86. The van der Waals surface area contributed by atoms with Gasteiger partial charge < -0.3 is 4.57 Å². The molecular formula is C21H15F2N3O5S. The fourth-order valence-corrected chi connectivity index (χ4v) is 4.79. The van der Waals surface area contributed by atoms with Crippen LogP contribution in [0.15, 0.2) is 64.5 Å². The normalized spacial score (nSPS) is 11.8. The van der Waals surface area contributed by atoms with Gasteiger partial charge in [-0.25, -0.2) is 21.2 Å². The molecule has 0 atom stereocenters. The molecule has 0 saturated carbocycles. The summed E-state index contributed by atoms with van der Waals surface area (Å²) in [5.74, 6) is -2.80. The van der Waals surface area contributed by atoms with Crippen LogP contribution in [0.5, 0.6) is 0 Å². The second-order valence-electron chi connectivity index (χ2n) is 7.20. The van der Waals surface area contributed by atoms with E-state index < -0.39 is 43.4 Å². The number of rotatable bonds is 4. The van der Waals surface area contributed by atoms with Gasteiger partial charge in [-0.2, -0.15) is 0 Å². The highest BCUT2D eigenvalue weighted by Crippen LogP contribution is 2.34. The Morgan fingerprint density at radius 2 is 1.69 bits per heavy atom. The second kappa shape index (κ2) is 7.38. The number of fused-ring (bicyclic) bond motifs is 1. The molecule has 4 rings (SSSR count). The molecule has 2 aromatic carbocycles. The molecule has 8 nitrogen and oxygen atoms in total. The van der Waals surface area contributed by atoms with Gasteiger partial charge in [-0.15, -0.1) is 0 Å². The number of benzene rings is 2. The maximum absolute atomic E-state index is 14.6. The molecule has 2 aromatic heterocycles. The van der Waals surface area contributed by atoms with Crippen molar-refractivity contribution in [2.75, 3.05) is 0 Å². The monoisotopic (exact) mass is 459 g/mol. The summed E-state index contributed by atoms with van der Waals surface area (Å²) >= 11 is 0. The average molecular weight is 459 g/mol. The third kappa shape index (κ3) is 3.26. The van der Waals surface area contributed by atoms with Gasteiger partial charge in [-0.05, 0) is 25.1 Å². The number of non-ortho nitro benzene ring substituents is 1. The van der Waals surface area contributed by atoms with Crippen molar-refractivity contribution >= 4 is 26.6 Å². The quantitative estimate of drug-likeness (QED) is 0.342. The minimum Gasteiger partial charge on any atom is -0.316 e. The molecule has 4 aromatic rings. The smallest absolute Gasteiger partial charge is 0.275 e. The van der Waals surface area contributed by atoms with E-state index in [1.807, 2.05) is 0 Å². The zero-order valence-electron chi connectivity index (χ0n) is 16.7. The van der Waals surface area contributed by atoms with E-state index in [4.69, 9.17) is 0 Å². The third-order valence-electron chi connectivity index (χ3n) is 5.08. The van der Waals surface area contributed by atoms with E-state index in [9.17, 15) is 32.1 Å². The highest BCUT2D eigenvalue weighted by Gasteiger charge is 2.25. The minimum absolute atomic E-state index is 0.00239. The average Bonchev–Trinajstić information content (AvgIpc) is 3.19. The molecule has 32 heavy (non-hydrogen) atoms. The molecule has 0 N–H and O–H groups in total. The highest BCUT2D eigenvalue weighted by atomic mass is 32.2. The van der Waals surface area contributed by atoms with E-state index in [1.54, 1.807) is 19.1 Å². The van der Waals surface area contributed by atoms with E-state index >= 15 is 0 Å². The van der Waals surface area contributed by atoms with Gasteiger partial charge in [0.25, 0.3) is 21.3 Å². The summed E-state index contributed by atoms with van der Waals surface area (Å²) in [6.45, 7) is 1.79. The zero-order valence-corrected chi connectivity index (χ0v) is 17.6. The van der Waals surface area contributed by atoms with Crippen molar-refractivity contribution in [3.8, 4) is 11.1 Å². The van der Waals surface area contributed by atoms with Gasteiger partial charge in [0.15, 0.2) is 11.6 Å². The maximum Gasteiger partial charge on any atom is 0.275 e. The number of nitrogens with zero attached hydrogens (tertiary/aromatic N) is 3. The molecule has 0 spiro atoms. The van der Waals surface area contributed by atoms with Gasteiger partial charge in [0.2, 0.25) is 0 Å². The van der Waals surface area contributed by atoms with Crippen molar-refractivity contribution in [1.82, 2.24) is 8.54 Å². The Bertz CT molecular complexity index is 1570. The van der Waals surface area contributed by atoms with Crippen LogP contribution in [0.1, 0.15) is 5.56 Å². The summed E-state index contributed by atoms with van der Waals surface area (Å²) in [4.78, 5) is 23.0. The number of halogens is 2. The number of pyridine rings is 1. The SMILES string of the molecule is Cc1ccc(S(=O)(=O)n2ccc3c(-c4cc([N+](=O)[O-])cc(F)c4F)cn(C)c(=O)c32)cc1. The first-order valence-corrected chi connectivity index (χ1v) is 10.6. The van der Waals surface area contributed by atoms with E-state index in [-0.39, 0.29) is 21.4 Å². The fourth-order valence-electron chi connectivity index (χ4n) is 3.44. The van der Waals surface area contributed by atoms with E-state index in [2.05, 4.69) is 0 Å². The van der Waals surface area contributed by atoms with Crippen LogP contribution in [-0.2, 0) is 17.1 Å². The van der Waals surface area contributed by atoms with Crippen molar-refractivity contribution in [2.45, 2.75) is 11.8 Å². The third-order valence-corrected chi connectivity index (χ3v) is 6.77. The highest BCUT2D eigenvalue weighted by molar-refractivity contribution is 7.90. The maximum atomic E-state index is 14.6. The van der Waals surface area contributed by atoms with Gasteiger partial charge >= 0.3 is 0 Å². The van der Waals surface area contributed by atoms with Gasteiger partial charge in [-0.1, -0.05) is 17.7 Å². The lowest BCUT2D eigenvalue weighted by molar-refractivity contribution is -0.385. The second-order valence-corrected chi connectivity index (χ2v) is 9.01. The van der Waals surface area contributed by atoms with Crippen molar-refractivity contribution in [3.63, 3.8) is 0 Å². The van der Waals surface area contributed by atoms with Crippen molar-refractivity contribution in [2.24, 2.45) is 7.05 Å². The van der Waals surface area contributed by atoms with E-state index in [1.165, 1.54) is 31.4 Å². The summed E-state index contributed by atoms with van der Waals surface area (Å²) in [6, 6.07) is 8.54. The molecule has 0 unspecified atom stereocenters. The largest absolute Gasteiger partial charge is 0.316 e. The molecule has 11 heteroatoms. The van der Waals surface area contributed by atoms with Crippen LogP contribution in [0.4, 0.5) is 14.5 Å². The Kier molecular flexibility index (Phi) is 4.93. The van der Waals surface area contributed by atoms with Crippen LogP contribution >= 0.6 is 0 Å². The number of nitro groups is 1.